The van der Waals surface area contributed by atoms with Gasteiger partial charge in [-0.2, -0.15) is 0 Å². The van der Waals surface area contributed by atoms with Gasteiger partial charge >= 0.3 is 0 Å². The van der Waals surface area contributed by atoms with Crippen LogP contribution in [0, 0.1) is 0 Å². The highest BCUT2D eigenvalue weighted by molar-refractivity contribution is 9.10. The van der Waals surface area contributed by atoms with Gasteiger partial charge in [-0.3, -0.25) is 4.79 Å². The molecule has 0 aliphatic heterocycles. The molecule has 116 valence electrons. The van der Waals surface area contributed by atoms with Crippen molar-refractivity contribution in [3.05, 3.63) is 33.3 Å². The Morgan fingerprint density at radius 3 is 2.62 bits per heavy atom. The summed E-state index contributed by atoms with van der Waals surface area (Å²) in [5.74, 6) is 0.0923. The summed E-state index contributed by atoms with van der Waals surface area (Å²) >= 11 is 9.39. The van der Waals surface area contributed by atoms with Crippen molar-refractivity contribution in [1.82, 2.24) is 4.90 Å². The van der Waals surface area contributed by atoms with Gasteiger partial charge in [-0.05, 0) is 66.2 Å². The fraction of sp³-hybridized carbons (Fsp3) is 0.562. The Balaban J connectivity index is 2.16. The van der Waals surface area contributed by atoms with Gasteiger partial charge in [-0.15, -0.1) is 0 Å². The van der Waals surface area contributed by atoms with Crippen molar-refractivity contribution in [2.45, 2.75) is 51.1 Å². The molecule has 0 aromatic heterocycles. The minimum atomic E-state index is 0.0923. The molecule has 0 radical (unpaired) electrons. The molecule has 0 heterocycles. The van der Waals surface area contributed by atoms with Crippen LogP contribution in [0.5, 0.6) is 0 Å². The molecule has 0 atom stereocenters. The lowest BCUT2D eigenvalue weighted by atomic mass is 9.90. The third-order valence-corrected chi connectivity index (χ3v) is 5.29. The highest BCUT2D eigenvalue weighted by Crippen LogP contribution is 2.27. The average Bonchev–Trinajstić information content (AvgIpc) is 2.48. The molecule has 1 aliphatic rings. The van der Waals surface area contributed by atoms with Crippen molar-refractivity contribution in [1.29, 1.82) is 0 Å². The van der Waals surface area contributed by atoms with Crippen LogP contribution < -0.4 is 5.73 Å². The van der Waals surface area contributed by atoms with Crippen LogP contribution in [-0.4, -0.2) is 29.4 Å². The van der Waals surface area contributed by atoms with E-state index in [0.717, 1.165) is 43.1 Å². The molecular weight excluding hydrogens is 352 g/mol. The number of hydrogen-bond donors (Lipinski definition) is 1. The quantitative estimate of drug-likeness (QED) is 0.858. The molecule has 1 saturated carbocycles. The molecule has 1 aliphatic carbocycles. The smallest absolute Gasteiger partial charge is 0.254 e. The van der Waals surface area contributed by atoms with E-state index >= 15 is 0 Å². The molecule has 2 rings (SSSR count). The van der Waals surface area contributed by atoms with Crippen LogP contribution in [0.3, 0.4) is 0 Å². The molecule has 0 unspecified atom stereocenters. The van der Waals surface area contributed by atoms with E-state index in [-0.39, 0.29) is 5.91 Å². The lowest BCUT2D eigenvalue weighted by Gasteiger charge is -2.36. The summed E-state index contributed by atoms with van der Waals surface area (Å²) in [5.41, 5.74) is 6.66. The summed E-state index contributed by atoms with van der Waals surface area (Å²) in [6, 6.07) is 5.98. The van der Waals surface area contributed by atoms with Gasteiger partial charge < -0.3 is 10.6 Å². The van der Waals surface area contributed by atoms with Crippen molar-refractivity contribution in [3.63, 3.8) is 0 Å². The van der Waals surface area contributed by atoms with Gasteiger partial charge in [0.05, 0.1) is 5.02 Å². The van der Waals surface area contributed by atoms with Crippen molar-refractivity contribution in [2.24, 2.45) is 5.73 Å². The van der Waals surface area contributed by atoms with Crippen LogP contribution >= 0.6 is 27.5 Å². The van der Waals surface area contributed by atoms with Crippen LogP contribution in [0.2, 0.25) is 5.02 Å². The SMILES string of the molecule is CCCN(C(=O)c1ccc(Cl)c(Br)c1)C1CCC(N)CC1. The molecule has 1 amide bonds. The van der Waals surface area contributed by atoms with Crippen LogP contribution in [-0.2, 0) is 0 Å². The third kappa shape index (κ3) is 4.21. The molecule has 1 fully saturated rings. The maximum Gasteiger partial charge on any atom is 0.254 e. The maximum atomic E-state index is 12.8. The molecule has 5 heteroatoms. The first-order valence-electron chi connectivity index (χ1n) is 7.54. The summed E-state index contributed by atoms with van der Waals surface area (Å²) < 4.78 is 0.761. The number of benzene rings is 1. The first kappa shape index (κ1) is 16.8. The van der Waals surface area contributed by atoms with Gasteiger partial charge in [0.2, 0.25) is 0 Å². The van der Waals surface area contributed by atoms with Gasteiger partial charge in [-0.25, -0.2) is 0 Å². The van der Waals surface area contributed by atoms with E-state index in [1.807, 2.05) is 11.0 Å². The molecule has 0 saturated heterocycles. The van der Waals surface area contributed by atoms with Crippen molar-refractivity contribution >= 4 is 33.4 Å². The number of amides is 1. The molecule has 0 bridgehead atoms. The number of halogens is 2. The normalized spacial score (nSPS) is 22.1. The lowest BCUT2D eigenvalue weighted by molar-refractivity contribution is 0.0626. The predicted molar refractivity (Wildman–Crippen MR) is 90.7 cm³/mol. The van der Waals surface area contributed by atoms with E-state index < -0.39 is 0 Å². The molecule has 2 N–H and O–H groups in total. The topological polar surface area (TPSA) is 46.3 Å². The molecule has 0 spiro atoms. The van der Waals surface area contributed by atoms with Crippen LogP contribution in [0.15, 0.2) is 22.7 Å². The van der Waals surface area contributed by atoms with Crippen molar-refractivity contribution < 1.29 is 4.79 Å². The summed E-state index contributed by atoms with van der Waals surface area (Å²) in [4.78, 5) is 14.8. The zero-order chi connectivity index (χ0) is 15.4. The minimum Gasteiger partial charge on any atom is -0.336 e. The standard InChI is InChI=1S/C16H22BrClN2O/c1-2-9-20(13-6-4-12(19)5-7-13)16(21)11-3-8-15(18)14(17)10-11/h3,8,10,12-13H,2,4-7,9,19H2,1H3. The third-order valence-electron chi connectivity index (χ3n) is 4.07. The van der Waals surface area contributed by atoms with Crippen LogP contribution in [0.25, 0.3) is 0 Å². The summed E-state index contributed by atoms with van der Waals surface area (Å²) in [6.07, 6.45) is 4.97. The number of nitrogens with two attached hydrogens (primary N) is 1. The molecule has 3 nitrogen and oxygen atoms in total. The molecular formula is C16H22BrClN2O. The number of rotatable bonds is 4. The molecule has 21 heavy (non-hydrogen) atoms. The first-order valence-corrected chi connectivity index (χ1v) is 8.71. The monoisotopic (exact) mass is 372 g/mol. The van der Waals surface area contributed by atoms with Gasteiger partial charge in [0, 0.05) is 28.7 Å². The number of carbonyl (C=O) groups is 1. The molecule has 1 aromatic carbocycles. The number of carbonyl (C=O) groups excluding carboxylic acids is 1. The summed E-state index contributed by atoms with van der Waals surface area (Å²) in [5, 5.41) is 0.622. The van der Waals surface area contributed by atoms with Crippen molar-refractivity contribution in [2.75, 3.05) is 6.54 Å². The van der Waals surface area contributed by atoms with E-state index in [0.29, 0.717) is 22.7 Å². The maximum absolute atomic E-state index is 12.8. The van der Waals surface area contributed by atoms with Gasteiger partial charge in [0.25, 0.3) is 5.91 Å². The Kier molecular flexibility index (Phi) is 6.08. The predicted octanol–water partition coefficient (Wildman–Crippen LogP) is 4.22. The van der Waals surface area contributed by atoms with Crippen molar-refractivity contribution in [3.8, 4) is 0 Å². The van der Waals surface area contributed by atoms with E-state index in [2.05, 4.69) is 22.9 Å². The average molecular weight is 374 g/mol. The Morgan fingerprint density at radius 1 is 1.38 bits per heavy atom. The van der Waals surface area contributed by atoms with Gasteiger partial charge in [0.1, 0.15) is 0 Å². The zero-order valence-corrected chi connectivity index (χ0v) is 14.7. The Morgan fingerprint density at radius 2 is 2.05 bits per heavy atom. The Hall–Kier alpha value is -0.580. The van der Waals surface area contributed by atoms with Gasteiger partial charge in [-0.1, -0.05) is 18.5 Å². The highest BCUT2D eigenvalue weighted by Gasteiger charge is 2.28. The van der Waals surface area contributed by atoms with Crippen LogP contribution in [0.4, 0.5) is 0 Å². The van der Waals surface area contributed by atoms with E-state index in [9.17, 15) is 4.79 Å². The fourth-order valence-electron chi connectivity index (χ4n) is 2.90. The van der Waals surface area contributed by atoms with E-state index in [4.69, 9.17) is 17.3 Å². The summed E-state index contributed by atoms with van der Waals surface area (Å²) in [6.45, 7) is 2.89. The van der Waals surface area contributed by atoms with Gasteiger partial charge in [0.15, 0.2) is 0 Å². The Labute approximate surface area is 140 Å². The highest BCUT2D eigenvalue weighted by atomic mass is 79.9. The molecule has 1 aromatic rings. The van der Waals surface area contributed by atoms with Crippen LogP contribution in [0.1, 0.15) is 49.4 Å². The number of nitrogens with zero attached hydrogens (tertiary/aromatic N) is 1. The van der Waals surface area contributed by atoms with E-state index in [1.165, 1.54) is 0 Å². The summed E-state index contributed by atoms with van der Waals surface area (Å²) in [7, 11) is 0. The second-order valence-electron chi connectivity index (χ2n) is 5.70. The fourth-order valence-corrected chi connectivity index (χ4v) is 3.40. The second-order valence-corrected chi connectivity index (χ2v) is 6.96. The minimum absolute atomic E-state index is 0.0923. The number of hydrogen-bond acceptors (Lipinski definition) is 2. The van der Waals surface area contributed by atoms with E-state index in [1.54, 1.807) is 12.1 Å². The second kappa shape index (κ2) is 7.61. The first-order chi connectivity index (χ1) is 10.0. The zero-order valence-electron chi connectivity index (χ0n) is 12.3. The largest absolute Gasteiger partial charge is 0.336 e. The lowest BCUT2D eigenvalue weighted by Crippen LogP contribution is -2.44. The Bertz CT molecular complexity index is 501.